The smallest absolute Gasteiger partial charge is 0.157 e. The molecule has 0 unspecified atom stereocenters. The molecule has 2 heterocycles. The first-order valence-electron chi connectivity index (χ1n) is 7.26. The Morgan fingerprint density at radius 1 is 1.16 bits per heavy atom. The van der Waals surface area contributed by atoms with E-state index in [9.17, 15) is 8.42 Å². The van der Waals surface area contributed by atoms with Gasteiger partial charge in [-0.3, -0.25) is 4.99 Å². The second-order valence-corrected chi connectivity index (χ2v) is 9.34. The summed E-state index contributed by atoms with van der Waals surface area (Å²) in [6.45, 7) is 0. The Hall–Kier alpha value is -0.230. The van der Waals surface area contributed by atoms with Gasteiger partial charge in [-0.05, 0) is 25.7 Å². The van der Waals surface area contributed by atoms with Crippen LogP contribution in [0.2, 0.25) is 0 Å². The summed E-state index contributed by atoms with van der Waals surface area (Å²) in [5.41, 5.74) is 0.294. The lowest BCUT2D eigenvalue weighted by Crippen LogP contribution is -2.45. The fourth-order valence-corrected chi connectivity index (χ4v) is 6.00. The van der Waals surface area contributed by atoms with Crippen molar-refractivity contribution in [2.24, 2.45) is 4.99 Å². The zero-order valence-corrected chi connectivity index (χ0v) is 12.9. The van der Waals surface area contributed by atoms with Crippen LogP contribution >= 0.6 is 11.8 Å². The van der Waals surface area contributed by atoms with Gasteiger partial charge in [-0.1, -0.05) is 31.0 Å². The first kappa shape index (κ1) is 13.7. The van der Waals surface area contributed by atoms with Crippen molar-refractivity contribution in [1.29, 1.82) is 0 Å². The van der Waals surface area contributed by atoms with Gasteiger partial charge in [0.2, 0.25) is 0 Å². The molecule has 19 heavy (non-hydrogen) atoms. The number of rotatable bonds is 1. The zero-order valence-electron chi connectivity index (χ0n) is 11.2. The average Bonchev–Trinajstić information content (AvgIpc) is 2.76. The molecule has 0 atom stereocenters. The molecule has 108 valence electrons. The van der Waals surface area contributed by atoms with Crippen molar-refractivity contribution >= 4 is 26.8 Å². The van der Waals surface area contributed by atoms with Crippen LogP contribution in [0.3, 0.4) is 0 Å². The molecule has 2 saturated heterocycles. The van der Waals surface area contributed by atoms with Crippen molar-refractivity contribution in [1.82, 2.24) is 5.32 Å². The molecule has 2 aliphatic heterocycles. The third-order valence-corrected chi connectivity index (χ3v) is 7.39. The summed E-state index contributed by atoms with van der Waals surface area (Å²) in [6, 6.07) is 0.206. The molecule has 0 aromatic heterocycles. The van der Waals surface area contributed by atoms with Gasteiger partial charge in [-0.15, -0.1) is 0 Å². The number of thioether (sulfide) groups is 1. The highest BCUT2D eigenvalue weighted by Gasteiger charge is 2.38. The molecule has 0 radical (unpaired) electrons. The Morgan fingerprint density at radius 2 is 1.84 bits per heavy atom. The Bertz CT molecular complexity index is 453. The molecule has 1 saturated carbocycles. The number of aliphatic imine (C=N–C) groups is 1. The van der Waals surface area contributed by atoms with E-state index in [0.717, 1.165) is 10.9 Å². The highest BCUT2D eigenvalue weighted by Crippen LogP contribution is 2.36. The number of hydrogen-bond acceptors (Lipinski definition) is 4. The van der Waals surface area contributed by atoms with E-state index in [-0.39, 0.29) is 6.04 Å². The molecule has 0 aromatic rings. The normalized spacial score (nSPS) is 32.5. The second-order valence-electron chi connectivity index (χ2n) is 6.07. The maximum atomic E-state index is 11.4. The van der Waals surface area contributed by atoms with Gasteiger partial charge in [0.15, 0.2) is 5.17 Å². The van der Waals surface area contributed by atoms with Crippen molar-refractivity contribution < 1.29 is 8.42 Å². The van der Waals surface area contributed by atoms with E-state index in [4.69, 9.17) is 4.99 Å². The molecule has 0 bridgehead atoms. The molecule has 3 fully saturated rings. The van der Waals surface area contributed by atoms with E-state index in [1.165, 1.54) is 32.1 Å². The van der Waals surface area contributed by atoms with Crippen LogP contribution in [-0.4, -0.2) is 42.4 Å². The van der Waals surface area contributed by atoms with Crippen LogP contribution in [0.25, 0.3) is 0 Å². The molecule has 4 nitrogen and oxygen atoms in total. The summed E-state index contributed by atoms with van der Waals surface area (Å²) in [5.74, 6) is 1.76. The van der Waals surface area contributed by atoms with E-state index in [1.54, 1.807) is 0 Å². The van der Waals surface area contributed by atoms with E-state index in [0.29, 0.717) is 29.9 Å². The van der Waals surface area contributed by atoms with Crippen LogP contribution in [0.5, 0.6) is 0 Å². The van der Waals surface area contributed by atoms with Gasteiger partial charge in [0.1, 0.15) is 9.84 Å². The topological polar surface area (TPSA) is 58.5 Å². The highest BCUT2D eigenvalue weighted by atomic mass is 32.2. The summed E-state index contributed by atoms with van der Waals surface area (Å²) < 4.78 is 22.8. The number of nitrogens with zero attached hydrogens (tertiary/aromatic N) is 1. The van der Waals surface area contributed by atoms with Gasteiger partial charge in [-0.2, -0.15) is 0 Å². The second kappa shape index (κ2) is 5.28. The number of amidine groups is 1. The maximum Gasteiger partial charge on any atom is 0.157 e. The minimum atomic E-state index is -2.77. The van der Waals surface area contributed by atoms with Crippen LogP contribution in [0.4, 0.5) is 0 Å². The molecule has 1 N–H and O–H groups in total. The van der Waals surface area contributed by atoms with Crippen molar-refractivity contribution in [3.05, 3.63) is 0 Å². The summed E-state index contributed by atoms with van der Waals surface area (Å²) in [6.07, 6.45) is 7.92. The Labute approximate surface area is 119 Å². The van der Waals surface area contributed by atoms with Crippen LogP contribution in [0.1, 0.15) is 44.9 Å². The van der Waals surface area contributed by atoms with Crippen LogP contribution in [0.15, 0.2) is 4.99 Å². The number of nitrogens with one attached hydrogen (secondary N) is 1. The summed E-state index contributed by atoms with van der Waals surface area (Å²) in [5, 5.41) is 4.70. The fourth-order valence-electron chi connectivity index (χ4n) is 3.25. The third kappa shape index (κ3) is 3.27. The van der Waals surface area contributed by atoms with E-state index >= 15 is 0 Å². The minimum absolute atomic E-state index is 0.206. The van der Waals surface area contributed by atoms with Crippen LogP contribution in [-0.2, 0) is 9.84 Å². The lowest BCUT2D eigenvalue weighted by molar-refractivity contribution is 0.303. The number of sulfone groups is 1. The molecule has 6 heteroatoms. The Kier molecular flexibility index (Phi) is 3.82. The predicted octanol–water partition coefficient (Wildman–Crippen LogP) is 1.96. The molecular weight excluding hydrogens is 280 g/mol. The van der Waals surface area contributed by atoms with Gasteiger partial charge in [0.05, 0.1) is 17.5 Å². The summed E-state index contributed by atoms with van der Waals surface area (Å²) in [7, 11) is -2.77. The predicted molar refractivity (Wildman–Crippen MR) is 80.5 cm³/mol. The first-order chi connectivity index (χ1) is 9.07. The highest BCUT2D eigenvalue weighted by molar-refractivity contribution is 8.14. The lowest BCUT2D eigenvalue weighted by Gasteiger charge is -2.32. The van der Waals surface area contributed by atoms with Crippen molar-refractivity contribution in [3.8, 4) is 0 Å². The average molecular weight is 302 g/mol. The van der Waals surface area contributed by atoms with Gasteiger partial charge >= 0.3 is 0 Å². The SMILES string of the molecule is O=S1(=O)CCC(N=C2NC3(CCCCC3)CS2)CC1. The van der Waals surface area contributed by atoms with Gasteiger partial charge in [-0.25, -0.2) is 8.42 Å². The standard InChI is InChI=1S/C13H22N2O2S2/c16-19(17)8-4-11(5-9-19)14-12-15-13(10-18-12)6-2-1-3-7-13/h11H,1-10H2,(H,14,15). The first-order valence-corrected chi connectivity index (χ1v) is 10.1. The van der Waals surface area contributed by atoms with Crippen molar-refractivity contribution in [2.75, 3.05) is 17.3 Å². The van der Waals surface area contributed by atoms with Gasteiger partial charge < -0.3 is 5.32 Å². The molecule has 3 aliphatic rings. The van der Waals surface area contributed by atoms with Crippen molar-refractivity contribution in [3.63, 3.8) is 0 Å². The number of hydrogen-bond donors (Lipinski definition) is 1. The fraction of sp³-hybridized carbons (Fsp3) is 0.923. The minimum Gasteiger partial charge on any atom is -0.359 e. The maximum absolute atomic E-state index is 11.4. The largest absolute Gasteiger partial charge is 0.359 e. The summed E-state index contributed by atoms with van der Waals surface area (Å²) >= 11 is 1.83. The van der Waals surface area contributed by atoms with E-state index < -0.39 is 9.84 Å². The molecule has 0 amide bonds. The monoisotopic (exact) mass is 302 g/mol. The van der Waals surface area contributed by atoms with Crippen molar-refractivity contribution in [2.45, 2.75) is 56.5 Å². The quantitative estimate of drug-likeness (QED) is 0.804. The Balaban J connectivity index is 1.60. The van der Waals surface area contributed by atoms with Gasteiger partial charge in [0.25, 0.3) is 0 Å². The van der Waals surface area contributed by atoms with Gasteiger partial charge in [0, 0.05) is 11.3 Å². The Morgan fingerprint density at radius 3 is 2.53 bits per heavy atom. The molecule has 3 rings (SSSR count). The zero-order chi connectivity index (χ0) is 13.3. The molecule has 1 spiro atoms. The molecular formula is C13H22N2O2S2. The van der Waals surface area contributed by atoms with E-state index in [1.807, 2.05) is 11.8 Å². The van der Waals surface area contributed by atoms with Crippen LogP contribution < -0.4 is 5.32 Å². The third-order valence-electron chi connectivity index (χ3n) is 4.49. The molecule has 1 aliphatic carbocycles. The van der Waals surface area contributed by atoms with E-state index in [2.05, 4.69) is 5.32 Å². The molecule has 0 aromatic carbocycles. The lowest BCUT2D eigenvalue weighted by atomic mass is 9.83. The summed E-state index contributed by atoms with van der Waals surface area (Å²) in [4.78, 5) is 4.75. The van der Waals surface area contributed by atoms with Crippen LogP contribution in [0, 0.1) is 0 Å².